The maximum atomic E-state index is 5.58. The van der Waals surface area contributed by atoms with E-state index in [0.717, 1.165) is 6.54 Å². The molecule has 0 atom stereocenters. The van der Waals surface area contributed by atoms with Gasteiger partial charge < -0.3 is 0 Å². The normalized spacial score (nSPS) is 23.1. The van der Waals surface area contributed by atoms with Gasteiger partial charge in [0.2, 0.25) is 0 Å². The van der Waals surface area contributed by atoms with Gasteiger partial charge in [0.05, 0.1) is 0 Å². The van der Waals surface area contributed by atoms with E-state index in [2.05, 4.69) is 24.8 Å². The molecule has 0 saturated carbocycles. The molecule has 0 radical (unpaired) electrons. The van der Waals surface area contributed by atoms with Crippen molar-refractivity contribution in [2.75, 3.05) is 25.5 Å². The van der Waals surface area contributed by atoms with E-state index in [4.69, 9.17) is 11.6 Å². The average molecular weight is 216 g/mol. The Morgan fingerprint density at radius 1 is 1.29 bits per heavy atom. The highest BCUT2D eigenvalue weighted by atomic mass is 35.5. The van der Waals surface area contributed by atoms with E-state index in [1.54, 1.807) is 0 Å². The Morgan fingerprint density at radius 2 is 1.93 bits per heavy atom. The van der Waals surface area contributed by atoms with Gasteiger partial charge in [-0.3, -0.25) is 4.90 Å². The van der Waals surface area contributed by atoms with Gasteiger partial charge in [0.25, 0.3) is 0 Å². The zero-order valence-electron chi connectivity index (χ0n) is 9.43. The summed E-state index contributed by atoms with van der Waals surface area (Å²) in [6.07, 6.45) is 8.23. The maximum absolute atomic E-state index is 5.58. The second kappa shape index (κ2) is 5.77. The third kappa shape index (κ3) is 3.62. The Labute approximate surface area is 93.1 Å². The van der Waals surface area contributed by atoms with Gasteiger partial charge in [0.1, 0.15) is 0 Å². The lowest BCUT2D eigenvalue weighted by Gasteiger charge is -2.38. The third-order valence-corrected chi connectivity index (χ3v) is 3.71. The molecule has 0 N–H and O–H groups in total. The second-order valence-corrected chi connectivity index (χ2v) is 4.90. The second-order valence-electron chi connectivity index (χ2n) is 4.59. The van der Waals surface area contributed by atoms with Crippen LogP contribution in [0, 0.1) is 5.41 Å². The number of rotatable bonds is 4. The van der Waals surface area contributed by atoms with Crippen LogP contribution in [0.4, 0.5) is 0 Å². The highest BCUT2D eigenvalue weighted by Gasteiger charge is 2.27. The maximum Gasteiger partial charge on any atom is 0.0404 e. The first-order valence-corrected chi connectivity index (χ1v) is 6.17. The van der Waals surface area contributed by atoms with Crippen LogP contribution in [0.15, 0.2) is 12.2 Å². The van der Waals surface area contributed by atoms with Crippen molar-refractivity contribution in [3.05, 3.63) is 12.2 Å². The molecular weight excluding hydrogens is 194 g/mol. The van der Waals surface area contributed by atoms with Crippen molar-refractivity contribution in [2.45, 2.75) is 33.1 Å². The zero-order chi connectivity index (χ0) is 10.4. The molecule has 82 valence electrons. The van der Waals surface area contributed by atoms with E-state index in [-0.39, 0.29) is 0 Å². The topological polar surface area (TPSA) is 3.24 Å². The summed E-state index contributed by atoms with van der Waals surface area (Å²) in [6, 6.07) is 0. The first kappa shape index (κ1) is 12.1. The van der Waals surface area contributed by atoms with Gasteiger partial charge in [0.15, 0.2) is 0 Å². The van der Waals surface area contributed by atoms with Crippen molar-refractivity contribution in [2.24, 2.45) is 5.41 Å². The summed E-state index contributed by atoms with van der Waals surface area (Å²) in [5.41, 5.74) is 0.604. The van der Waals surface area contributed by atoms with Crippen molar-refractivity contribution in [1.29, 1.82) is 0 Å². The van der Waals surface area contributed by atoms with Gasteiger partial charge in [-0.25, -0.2) is 0 Å². The smallest absolute Gasteiger partial charge is 0.0404 e. The first-order chi connectivity index (χ1) is 6.70. The minimum atomic E-state index is 0.604. The quantitative estimate of drug-likeness (QED) is 0.514. The van der Waals surface area contributed by atoms with E-state index in [9.17, 15) is 0 Å². The summed E-state index contributed by atoms with van der Waals surface area (Å²) in [5.74, 6) is 0.639. The number of likely N-dealkylation sites (tertiary alicyclic amines) is 1. The van der Waals surface area contributed by atoms with E-state index in [1.807, 2.05) is 6.08 Å². The van der Waals surface area contributed by atoms with Crippen LogP contribution in [0.25, 0.3) is 0 Å². The van der Waals surface area contributed by atoms with Crippen LogP contribution in [0.2, 0.25) is 0 Å². The number of piperidine rings is 1. The molecule has 0 aliphatic carbocycles. The molecule has 1 aliphatic rings. The Morgan fingerprint density at radius 3 is 2.43 bits per heavy atom. The number of hydrogen-bond acceptors (Lipinski definition) is 1. The van der Waals surface area contributed by atoms with Crippen molar-refractivity contribution < 1.29 is 0 Å². The predicted molar refractivity (Wildman–Crippen MR) is 63.9 cm³/mol. The molecule has 0 spiro atoms. The fourth-order valence-electron chi connectivity index (χ4n) is 1.92. The van der Waals surface area contributed by atoms with Crippen LogP contribution in [0.1, 0.15) is 33.1 Å². The molecule has 1 heterocycles. The summed E-state index contributed by atoms with van der Waals surface area (Å²) in [4.78, 5) is 2.51. The Balaban J connectivity index is 2.25. The predicted octanol–water partition coefficient (Wildman–Crippen LogP) is 3.29. The lowest BCUT2D eigenvalue weighted by atomic mass is 9.78. The fourth-order valence-corrected chi connectivity index (χ4v) is 2.04. The van der Waals surface area contributed by atoms with Crippen molar-refractivity contribution in [3.8, 4) is 0 Å². The first-order valence-electron chi connectivity index (χ1n) is 5.63. The lowest BCUT2D eigenvalue weighted by molar-refractivity contribution is 0.124. The molecule has 1 aliphatic heterocycles. The zero-order valence-corrected chi connectivity index (χ0v) is 10.2. The van der Waals surface area contributed by atoms with Crippen LogP contribution < -0.4 is 0 Å². The third-order valence-electron chi connectivity index (χ3n) is 3.54. The molecule has 14 heavy (non-hydrogen) atoms. The standard InChI is InChI=1S/C12H22ClN/c1-3-12(2)6-10-14(11-7-12)9-5-4-8-13/h4-5H,3,6-11H2,1-2H3. The van der Waals surface area contributed by atoms with Gasteiger partial charge in [-0.15, -0.1) is 11.6 Å². The van der Waals surface area contributed by atoms with Crippen LogP contribution in [-0.2, 0) is 0 Å². The molecule has 0 aromatic carbocycles. The molecule has 0 aromatic heterocycles. The highest BCUT2D eigenvalue weighted by molar-refractivity contribution is 6.18. The molecule has 2 heteroatoms. The number of nitrogens with zero attached hydrogens (tertiary/aromatic N) is 1. The summed E-state index contributed by atoms with van der Waals surface area (Å²) in [5, 5.41) is 0. The van der Waals surface area contributed by atoms with Crippen molar-refractivity contribution >= 4 is 11.6 Å². The number of alkyl halides is 1. The molecule has 1 nitrogen and oxygen atoms in total. The van der Waals surface area contributed by atoms with Gasteiger partial charge in [-0.1, -0.05) is 32.4 Å². The van der Waals surface area contributed by atoms with Crippen LogP contribution >= 0.6 is 11.6 Å². The summed E-state index contributed by atoms with van der Waals surface area (Å²) < 4.78 is 0. The Hall–Kier alpha value is -0.0100. The van der Waals surface area contributed by atoms with Crippen molar-refractivity contribution in [3.63, 3.8) is 0 Å². The van der Waals surface area contributed by atoms with Crippen LogP contribution in [0.5, 0.6) is 0 Å². The SMILES string of the molecule is CCC1(C)CCN(CC=CCCl)CC1. The molecule has 0 amide bonds. The van der Waals surface area contributed by atoms with Gasteiger partial charge >= 0.3 is 0 Å². The summed E-state index contributed by atoms with van der Waals surface area (Å²) >= 11 is 5.58. The minimum Gasteiger partial charge on any atom is -0.300 e. The number of allylic oxidation sites excluding steroid dienone is 1. The molecule has 0 aromatic rings. The largest absolute Gasteiger partial charge is 0.300 e. The van der Waals surface area contributed by atoms with Gasteiger partial charge in [-0.05, 0) is 31.3 Å². The van der Waals surface area contributed by atoms with E-state index < -0.39 is 0 Å². The Kier molecular flexibility index (Phi) is 4.97. The molecular formula is C12H22ClN. The molecule has 1 saturated heterocycles. The highest BCUT2D eigenvalue weighted by Crippen LogP contribution is 2.33. The Bertz CT molecular complexity index is 181. The van der Waals surface area contributed by atoms with E-state index >= 15 is 0 Å². The summed E-state index contributed by atoms with van der Waals surface area (Å²) in [6.45, 7) is 8.29. The van der Waals surface area contributed by atoms with Gasteiger partial charge in [-0.2, -0.15) is 0 Å². The summed E-state index contributed by atoms with van der Waals surface area (Å²) in [7, 11) is 0. The lowest BCUT2D eigenvalue weighted by Crippen LogP contribution is -2.38. The fraction of sp³-hybridized carbons (Fsp3) is 0.833. The molecule has 1 rings (SSSR count). The van der Waals surface area contributed by atoms with E-state index in [1.165, 1.54) is 32.4 Å². The van der Waals surface area contributed by atoms with Crippen LogP contribution in [0.3, 0.4) is 0 Å². The van der Waals surface area contributed by atoms with E-state index in [0.29, 0.717) is 11.3 Å². The van der Waals surface area contributed by atoms with Crippen LogP contribution in [-0.4, -0.2) is 30.4 Å². The number of hydrogen-bond donors (Lipinski definition) is 0. The van der Waals surface area contributed by atoms with Crippen molar-refractivity contribution in [1.82, 2.24) is 4.90 Å². The monoisotopic (exact) mass is 215 g/mol. The molecule has 1 fully saturated rings. The molecule has 0 unspecified atom stereocenters. The van der Waals surface area contributed by atoms with Gasteiger partial charge in [0, 0.05) is 12.4 Å². The molecule has 0 bridgehead atoms. The minimum absolute atomic E-state index is 0.604. The average Bonchev–Trinajstić information content (AvgIpc) is 2.22. The number of halogens is 1.